The van der Waals surface area contributed by atoms with E-state index >= 15 is 0 Å². The maximum absolute atomic E-state index is 3.34. The van der Waals surface area contributed by atoms with E-state index in [9.17, 15) is 0 Å². The van der Waals surface area contributed by atoms with Crippen LogP contribution in [0.1, 0.15) is 6.92 Å². The van der Waals surface area contributed by atoms with Crippen LogP contribution in [0.5, 0.6) is 0 Å². The van der Waals surface area contributed by atoms with Gasteiger partial charge in [0.15, 0.2) is 0 Å². The predicted molar refractivity (Wildman–Crippen MR) is 69.2 cm³/mol. The number of anilines is 3. The Morgan fingerprint density at radius 1 is 1.00 bits per heavy atom. The van der Waals surface area contributed by atoms with Crippen LogP contribution in [0.3, 0.4) is 0 Å². The molecule has 1 radical (unpaired) electrons. The van der Waals surface area contributed by atoms with E-state index in [1.54, 1.807) is 0 Å². The molecule has 2 aromatic rings. The smallest absolute Gasteiger partial charge is 0.0404 e. The van der Waals surface area contributed by atoms with Gasteiger partial charge in [0.2, 0.25) is 0 Å². The van der Waals surface area contributed by atoms with E-state index in [0.29, 0.717) is 0 Å². The molecule has 16 heavy (non-hydrogen) atoms. The fourth-order valence-corrected chi connectivity index (χ4v) is 1.55. The Labute approximate surface area is 96.3 Å². The zero-order chi connectivity index (χ0) is 11.2. The molecule has 0 unspecified atom stereocenters. The molecular formula is C14H15N2. The van der Waals surface area contributed by atoms with Crippen LogP contribution in [-0.2, 0) is 0 Å². The maximum atomic E-state index is 3.34. The monoisotopic (exact) mass is 211 g/mol. The maximum Gasteiger partial charge on any atom is 0.0404 e. The van der Waals surface area contributed by atoms with E-state index in [1.165, 1.54) is 0 Å². The van der Waals surface area contributed by atoms with E-state index in [-0.39, 0.29) is 0 Å². The molecule has 0 aliphatic carbocycles. The Morgan fingerprint density at radius 2 is 1.75 bits per heavy atom. The molecule has 0 saturated carbocycles. The van der Waals surface area contributed by atoms with Crippen molar-refractivity contribution in [3.05, 3.63) is 54.6 Å². The van der Waals surface area contributed by atoms with Gasteiger partial charge in [-0.2, -0.15) is 0 Å². The second-order valence-corrected chi connectivity index (χ2v) is 3.52. The zero-order valence-corrected chi connectivity index (χ0v) is 9.33. The zero-order valence-electron chi connectivity index (χ0n) is 9.33. The molecule has 0 aliphatic rings. The first kappa shape index (κ1) is 10.6. The molecule has 0 saturated heterocycles. The molecule has 2 heteroatoms. The fraction of sp³-hybridized carbons (Fsp3) is 0.143. The minimum atomic E-state index is 0.934. The van der Waals surface area contributed by atoms with E-state index in [0.717, 1.165) is 23.6 Å². The summed E-state index contributed by atoms with van der Waals surface area (Å²) in [5, 5.41) is 6.63. The number of benzene rings is 2. The van der Waals surface area contributed by atoms with Crippen molar-refractivity contribution in [2.45, 2.75) is 6.92 Å². The topological polar surface area (TPSA) is 24.1 Å². The summed E-state index contributed by atoms with van der Waals surface area (Å²) in [6.07, 6.45) is 0. The minimum absolute atomic E-state index is 0.934. The molecule has 2 rings (SSSR count). The van der Waals surface area contributed by atoms with Crippen molar-refractivity contribution in [1.29, 1.82) is 0 Å². The third kappa shape index (κ3) is 2.76. The van der Waals surface area contributed by atoms with Crippen LogP contribution in [0.2, 0.25) is 0 Å². The number of hydrogen-bond acceptors (Lipinski definition) is 2. The second-order valence-electron chi connectivity index (χ2n) is 3.52. The molecule has 81 valence electrons. The van der Waals surface area contributed by atoms with Gasteiger partial charge >= 0.3 is 0 Å². The van der Waals surface area contributed by atoms with Crippen molar-refractivity contribution < 1.29 is 0 Å². The van der Waals surface area contributed by atoms with Gasteiger partial charge in [-0.1, -0.05) is 18.2 Å². The summed E-state index contributed by atoms with van der Waals surface area (Å²) >= 11 is 0. The summed E-state index contributed by atoms with van der Waals surface area (Å²) in [4.78, 5) is 0. The van der Waals surface area contributed by atoms with Gasteiger partial charge in [-0.05, 0) is 43.3 Å². The molecular weight excluding hydrogens is 196 g/mol. The van der Waals surface area contributed by atoms with Gasteiger partial charge in [-0.3, -0.25) is 0 Å². The molecule has 0 heterocycles. The summed E-state index contributed by atoms with van der Waals surface area (Å²) in [7, 11) is 0. The van der Waals surface area contributed by atoms with Crippen LogP contribution in [0.4, 0.5) is 17.1 Å². The summed E-state index contributed by atoms with van der Waals surface area (Å²) in [5.41, 5.74) is 3.30. The van der Waals surface area contributed by atoms with Crippen LogP contribution in [-0.4, -0.2) is 6.54 Å². The van der Waals surface area contributed by atoms with Gasteiger partial charge in [-0.15, -0.1) is 0 Å². The molecule has 0 aliphatic heterocycles. The van der Waals surface area contributed by atoms with Crippen molar-refractivity contribution in [2.24, 2.45) is 0 Å². The third-order valence-corrected chi connectivity index (χ3v) is 2.25. The van der Waals surface area contributed by atoms with Crippen LogP contribution in [0.25, 0.3) is 0 Å². The Hall–Kier alpha value is -1.96. The minimum Gasteiger partial charge on any atom is -0.385 e. The van der Waals surface area contributed by atoms with E-state index < -0.39 is 0 Å². The first-order valence-electron chi connectivity index (χ1n) is 5.45. The third-order valence-electron chi connectivity index (χ3n) is 2.25. The average Bonchev–Trinajstić information content (AvgIpc) is 2.31. The van der Waals surface area contributed by atoms with E-state index in [1.807, 2.05) is 30.3 Å². The summed E-state index contributed by atoms with van der Waals surface area (Å²) in [6.45, 7) is 3.02. The lowest BCUT2D eigenvalue weighted by Gasteiger charge is -2.08. The van der Waals surface area contributed by atoms with Gasteiger partial charge in [0, 0.05) is 23.6 Å². The highest BCUT2D eigenvalue weighted by Gasteiger charge is 1.95. The van der Waals surface area contributed by atoms with Gasteiger partial charge in [0.25, 0.3) is 0 Å². The van der Waals surface area contributed by atoms with Crippen LogP contribution in [0, 0.1) is 6.07 Å². The van der Waals surface area contributed by atoms with Gasteiger partial charge in [-0.25, -0.2) is 0 Å². The van der Waals surface area contributed by atoms with Crippen molar-refractivity contribution in [2.75, 3.05) is 17.2 Å². The molecule has 0 bridgehead atoms. The highest BCUT2D eigenvalue weighted by atomic mass is 14.9. The first-order chi connectivity index (χ1) is 7.88. The number of hydrogen-bond donors (Lipinski definition) is 2. The molecule has 2 nitrogen and oxygen atoms in total. The quantitative estimate of drug-likeness (QED) is 0.806. The molecule has 2 aromatic carbocycles. The van der Waals surface area contributed by atoms with Crippen LogP contribution < -0.4 is 10.6 Å². The summed E-state index contributed by atoms with van der Waals surface area (Å²) in [5.74, 6) is 0. The highest BCUT2D eigenvalue weighted by molar-refractivity contribution is 5.64. The Kier molecular flexibility index (Phi) is 3.44. The normalized spacial score (nSPS) is 9.81. The second kappa shape index (κ2) is 5.21. The van der Waals surface area contributed by atoms with Crippen molar-refractivity contribution >= 4 is 17.1 Å². The largest absolute Gasteiger partial charge is 0.385 e. The molecule has 2 N–H and O–H groups in total. The molecule has 0 spiro atoms. The van der Waals surface area contributed by atoms with Gasteiger partial charge < -0.3 is 10.6 Å². The molecule has 0 aromatic heterocycles. The highest BCUT2D eigenvalue weighted by Crippen LogP contribution is 2.19. The first-order valence-corrected chi connectivity index (χ1v) is 5.45. The summed E-state index contributed by atoms with van der Waals surface area (Å²) in [6, 6.07) is 19.0. The molecule has 0 atom stereocenters. The Morgan fingerprint density at radius 3 is 2.50 bits per heavy atom. The lowest BCUT2D eigenvalue weighted by molar-refractivity contribution is 1.21. The van der Waals surface area contributed by atoms with Crippen molar-refractivity contribution in [3.63, 3.8) is 0 Å². The van der Waals surface area contributed by atoms with Gasteiger partial charge in [0.05, 0.1) is 0 Å². The van der Waals surface area contributed by atoms with E-state index in [2.05, 4.69) is 41.8 Å². The Bertz CT molecular complexity index is 437. The molecule has 0 fully saturated rings. The SMILES string of the molecule is CCNc1cccc(Nc2cc[c]cc2)c1. The predicted octanol–water partition coefficient (Wildman–Crippen LogP) is 3.66. The van der Waals surface area contributed by atoms with Crippen molar-refractivity contribution in [3.8, 4) is 0 Å². The number of rotatable bonds is 4. The van der Waals surface area contributed by atoms with E-state index in [4.69, 9.17) is 0 Å². The van der Waals surface area contributed by atoms with Gasteiger partial charge in [0.1, 0.15) is 0 Å². The summed E-state index contributed by atoms with van der Waals surface area (Å²) < 4.78 is 0. The lowest BCUT2D eigenvalue weighted by Crippen LogP contribution is -1.97. The number of nitrogens with one attached hydrogen (secondary N) is 2. The molecule has 0 amide bonds. The van der Waals surface area contributed by atoms with Crippen LogP contribution in [0.15, 0.2) is 48.5 Å². The fourth-order valence-electron chi connectivity index (χ4n) is 1.55. The van der Waals surface area contributed by atoms with Crippen LogP contribution >= 0.6 is 0 Å². The lowest BCUT2D eigenvalue weighted by atomic mass is 10.2. The standard InChI is InChI=1S/C14H15N2/c1-2-15-13-9-6-10-14(11-13)16-12-7-4-3-5-8-12/h4-11,15-16H,2H2,1H3. The average molecular weight is 211 g/mol. The Balaban J connectivity index is 2.12. The van der Waals surface area contributed by atoms with Crippen molar-refractivity contribution in [1.82, 2.24) is 0 Å².